The van der Waals surface area contributed by atoms with Crippen LogP contribution in [0.4, 0.5) is 0 Å². The lowest BCUT2D eigenvalue weighted by molar-refractivity contribution is -0.122. The van der Waals surface area contributed by atoms with Crippen LogP contribution >= 0.6 is 0 Å². The Morgan fingerprint density at radius 1 is 1.33 bits per heavy atom. The SMILES string of the molecule is CCC1CCCCC1NC(=O)CCC(C)CCN. The number of rotatable bonds is 7. The van der Waals surface area contributed by atoms with E-state index in [1.54, 1.807) is 0 Å². The monoisotopic (exact) mass is 254 g/mol. The normalized spacial score (nSPS) is 25.7. The zero-order chi connectivity index (χ0) is 13.4. The van der Waals surface area contributed by atoms with Gasteiger partial charge in [0.1, 0.15) is 0 Å². The highest BCUT2D eigenvalue weighted by molar-refractivity contribution is 5.76. The molecule has 0 aromatic rings. The largest absolute Gasteiger partial charge is 0.353 e. The Morgan fingerprint density at radius 3 is 2.72 bits per heavy atom. The van der Waals surface area contributed by atoms with E-state index in [2.05, 4.69) is 19.2 Å². The standard InChI is InChI=1S/C15H30N2O/c1-3-13-6-4-5-7-14(13)17-15(18)9-8-12(2)10-11-16/h12-14H,3-11,16H2,1-2H3,(H,17,18). The van der Waals surface area contributed by atoms with Crippen molar-refractivity contribution in [1.29, 1.82) is 0 Å². The molecule has 3 nitrogen and oxygen atoms in total. The van der Waals surface area contributed by atoms with Crippen LogP contribution in [0.1, 0.15) is 65.2 Å². The molecule has 0 saturated heterocycles. The van der Waals surface area contributed by atoms with Gasteiger partial charge in [0.2, 0.25) is 5.91 Å². The molecule has 1 aliphatic carbocycles. The number of amides is 1. The molecule has 0 radical (unpaired) electrons. The van der Waals surface area contributed by atoms with E-state index in [1.807, 2.05) is 0 Å². The quantitative estimate of drug-likeness (QED) is 0.734. The molecule has 1 amide bonds. The highest BCUT2D eigenvalue weighted by Gasteiger charge is 2.24. The maximum absolute atomic E-state index is 11.9. The number of hydrogen-bond acceptors (Lipinski definition) is 2. The summed E-state index contributed by atoms with van der Waals surface area (Å²) < 4.78 is 0. The summed E-state index contributed by atoms with van der Waals surface area (Å²) >= 11 is 0. The van der Waals surface area contributed by atoms with Gasteiger partial charge in [-0.05, 0) is 44.1 Å². The molecule has 18 heavy (non-hydrogen) atoms. The first-order valence-electron chi connectivity index (χ1n) is 7.66. The van der Waals surface area contributed by atoms with Gasteiger partial charge in [-0.25, -0.2) is 0 Å². The highest BCUT2D eigenvalue weighted by Crippen LogP contribution is 2.26. The Kier molecular flexibility index (Phi) is 7.33. The van der Waals surface area contributed by atoms with E-state index in [1.165, 1.54) is 32.1 Å². The van der Waals surface area contributed by atoms with Crippen molar-refractivity contribution in [3.8, 4) is 0 Å². The van der Waals surface area contributed by atoms with Crippen LogP contribution in [0.15, 0.2) is 0 Å². The maximum Gasteiger partial charge on any atom is 0.220 e. The van der Waals surface area contributed by atoms with Gasteiger partial charge in [-0.3, -0.25) is 4.79 Å². The molecule has 106 valence electrons. The van der Waals surface area contributed by atoms with Crippen LogP contribution in [0.2, 0.25) is 0 Å². The summed E-state index contributed by atoms with van der Waals surface area (Å²) in [4.78, 5) is 11.9. The van der Waals surface area contributed by atoms with Crippen molar-refractivity contribution < 1.29 is 4.79 Å². The first-order chi connectivity index (χ1) is 8.67. The van der Waals surface area contributed by atoms with E-state index < -0.39 is 0 Å². The van der Waals surface area contributed by atoms with Gasteiger partial charge in [0, 0.05) is 12.5 Å². The molecule has 0 aromatic heterocycles. The van der Waals surface area contributed by atoms with E-state index in [0.29, 0.717) is 24.3 Å². The van der Waals surface area contributed by atoms with Crippen molar-refractivity contribution in [2.45, 2.75) is 71.3 Å². The van der Waals surface area contributed by atoms with Gasteiger partial charge in [0.25, 0.3) is 0 Å². The lowest BCUT2D eigenvalue weighted by Crippen LogP contribution is -2.41. The molecule has 3 atom stereocenters. The predicted molar refractivity (Wildman–Crippen MR) is 76.2 cm³/mol. The molecule has 0 spiro atoms. The summed E-state index contributed by atoms with van der Waals surface area (Å²) in [6.45, 7) is 5.14. The van der Waals surface area contributed by atoms with Crippen molar-refractivity contribution in [1.82, 2.24) is 5.32 Å². The number of carbonyl (C=O) groups excluding carboxylic acids is 1. The van der Waals surface area contributed by atoms with Crippen LogP contribution in [0, 0.1) is 11.8 Å². The molecule has 3 unspecified atom stereocenters. The van der Waals surface area contributed by atoms with Crippen molar-refractivity contribution in [3.63, 3.8) is 0 Å². The van der Waals surface area contributed by atoms with Crippen molar-refractivity contribution in [3.05, 3.63) is 0 Å². The number of carbonyl (C=O) groups is 1. The number of hydrogen-bond donors (Lipinski definition) is 2. The minimum absolute atomic E-state index is 0.240. The Labute approximate surface area is 112 Å². The maximum atomic E-state index is 11.9. The van der Waals surface area contributed by atoms with Crippen LogP contribution in [0.5, 0.6) is 0 Å². The molecule has 1 aliphatic rings. The van der Waals surface area contributed by atoms with Crippen molar-refractivity contribution in [2.24, 2.45) is 17.6 Å². The van der Waals surface area contributed by atoms with Crippen molar-refractivity contribution >= 4 is 5.91 Å². The fourth-order valence-electron chi connectivity index (χ4n) is 2.97. The molecule has 0 heterocycles. The molecule has 3 heteroatoms. The zero-order valence-electron chi connectivity index (χ0n) is 12.1. The predicted octanol–water partition coefficient (Wildman–Crippen LogP) is 2.84. The van der Waals surface area contributed by atoms with E-state index in [4.69, 9.17) is 5.73 Å². The second-order valence-corrected chi connectivity index (χ2v) is 5.85. The molecule has 1 fully saturated rings. The molecule has 3 N–H and O–H groups in total. The molecule has 0 aromatic carbocycles. The lowest BCUT2D eigenvalue weighted by atomic mass is 9.83. The van der Waals surface area contributed by atoms with Gasteiger partial charge in [0.15, 0.2) is 0 Å². The molecular formula is C15H30N2O. The fourth-order valence-corrected chi connectivity index (χ4v) is 2.97. The summed E-state index contributed by atoms with van der Waals surface area (Å²) in [5.41, 5.74) is 5.52. The highest BCUT2D eigenvalue weighted by atomic mass is 16.1. The van der Waals surface area contributed by atoms with Crippen LogP contribution in [-0.2, 0) is 4.79 Å². The summed E-state index contributed by atoms with van der Waals surface area (Å²) in [6, 6.07) is 0.432. The zero-order valence-corrected chi connectivity index (χ0v) is 12.1. The average Bonchev–Trinajstić information content (AvgIpc) is 2.37. The average molecular weight is 254 g/mol. The minimum atomic E-state index is 0.240. The lowest BCUT2D eigenvalue weighted by Gasteiger charge is -2.31. The van der Waals surface area contributed by atoms with E-state index >= 15 is 0 Å². The Bertz CT molecular complexity index is 243. The molecular weight excluding hydrogens is 224 g/mol. The van der Waals surface area contributed by atoms with Gasteiger partial charge in [-0.1, -0.05) is 33.1 Å². The summed E-state index contributed by atoms with van der Waals surface area (Å²) in [5, 5.41) is 3.25. The second-order valence-electron chi connectivity index (χ2n) is 5.85. The summed E-state index contributed by atoms with van der Waals surface area (Å²) in [7, 11) is 0. The third-order valence-electron chi connectivity index (χ3n) is 4.30. The number of nitrogens with two attached hydrogens (primary N) is 1. The van der Waals surface area contributed by atoms with Crippen LogP contribution in [0.3, 0.4) is 0 Å². The first-order valence-corrected chi connectivity index (χ1v) is 7.66. The minimum Gasteiger partial charge on any atom is -0.353 e. The van der Waals surface area contributed by atoms with Gasteiger partial charge < -0.3 is 11.1 Å². The van der Waals surface area contributed by atoms with Crippen molar-refractivity contribution in [2.75, 3.05) is 6.54 Å². The first kappa shape index (κ1) is 15.5. The molecule has 0 aliphatic heterocycles. The van der Waals surface area contributed by atoms with E-state index in [-0.39, 0.29) is 5.91 Å². The van der Waals surface area contributed by atoms with E-state index in [9.17, 15) is 4.79 Å². The van der Waals surface area contributed by atoms with Crippen LogP contribution in [0.25, 0.3) is 0 Å². The smallest absolute Gasteiger partial charge is 0.220 e. The van der Waals surface area contributed by atoms with E-state index in [0.717, 1.165) is 19.4 Å². The van der Waals surface area contributed by atoms with Gasteiger partial charge in [0.05, 0.1) is 0 Å². The van der Waals surface area contributed by atoms with Crippen LogP contribution in [-0.4, -0.2) is 18.5 Å². The molecule has 1 rings (SSSR count). The van der Waals surface area contributed by atoms with Crippen LogP contribution < -0.4 is 11.1 Å². The second kappa shape index (κ2) is 8.52. The Hall–Kier alpha value is -0.570. The third kappa shape index (κ3) is 5.38. The van der Waals surface area contributed by atoms with Gasteiger partial charge in [-0.2, -0.15) is 0 Å². The fraction of sp³-hybridized carbons (Fsp3) is 0.933. The number of nitrogens with one attached hydrogen (secondary N) is 1. The van der Waals surface area contributed by atoms with Gasteiger partial charge in [-0.15, -0.1) is 0 Å². The molecule has 1 saturated carbocycles. The third-order valence-corrected chi connectivity index (χ3v) is 4.30. The Morgan fingerprint density at radius 2 is 2.06 bits per heavy atom. The summed E-state index contributed by atoms with van der Waals surface area (Å²) in [6.07, 6.45) is 8.89. The Balaban J connectivity index is 2.25. The van der Waals surface area contributed by atoms with Gasteiger partial charge >= 0.3 is 0 Å². The molecule has 0 bridgehead atoms. The topological polar surface area (TPSA) is 55.1 Å². The summed E-state index contributed by atoms with van der Waals surface area (Å²) in [5.74, 6) is 1.50.